The SMILES string of the molecule is CO.Cc1nc(N2CCCCC2)nnc1Cl. The van der Waals surface area contributed by atoms with Gasteiger partial charge in [-0.15, -0.1) is 10.2 Å². The lowest BCUT2D eigenvalue weighted by Crippen LogP contribution is -2.31. The van der Waals surface area contributed by atoms with Gasteiger partial charge < -0.3 is 10.0 Å². The molecular weight excluding hydrogens is 228 g/mol. The zero-order valence-electron chi connectivity index (χ0n) is 9.65. The van der Waals surface area contributed by atoms with Gasteiger partial charge in [-0.05, 0) is 26.2 Å². The number of aryl methyl sites for hydroxylation is 1. The number of piperidine rings is 1. The van der Waals surface area contributed by atoms with Crippen molar-refractivity contribution in [2.45, 2.75) is 26.2 Å². The Labute approximate surface area is 100 Å². The predicted molar refractivity (Wildman–Crippen MR) is 63.8 cm³/mol. The molecule has 5 nitrogen and oxygen atoms in total. The quantitative estimate of drug-likeness (QED) is 0.810. The first-order chi connectivity index (χ1) is 7.77. The van der Waals surface area contributed by atoms with Gasteiger partial charge in [0.25, 0.3) is 0 Å². The molecule has 1 aromatic heterocycles. The number of nitrogens with zero attached hydrogens (tertiary/aromatic N) is 4. The number of hydrogen-bond acceptors (Lipinski definition) is 5. The number of hydrogen-bond donors (Lipinski definition) is 1. The molecule has 1 N–H and O–H groups in total. The smallest absolute Gasteiger partial charge is 0.245 e. The Hall–Kier alpha value is -0.940. The Morgan fingerprint density at radius 2 is 1.75 bits per heavy atom. The summed E-state index contributed by atoms with van der Waals surface area (Å²) in [6.07, 6.45) is 3.73. The molecule has 6 heteroatoms. The van der Waals surface area contributed by atoms with E-state index in [2.05, 4.69) is 20.1 Å². The van der Waals surface area contributed by atoms with E-state index < -0.39 is 0 Å². The maximum Gasteiger partial charge on any atom is 0.245 e. The molecule has 1 fully saturated rings. The molecule has 1 saturated heterocycles. The number of aliphatic hydroxyl groups is 1. The molecule has 0 aliphatic carbocycles. The van der Waals surface area contributed by atoms with E-state index in [0.29, 0.717) is 11.1 Å². The van der Waals surface area contributed by atoms with Crippen LogP contribution in [0.15, 0.2) is 0 Å². The highest BCUT2D eigenvalue weighted by Crippen LogP contribution is 2.16. The number of aromatic nitrogens is 3. The van der Waals surface area contributed by atoms with Crippen LogP contribution in [-0.4, -0.2) is 40.5 Å². The van der Waals surface area contributed by atoms with Gasteiger partial charge in [0.05, 0.1) is 5.69 Å². The van der Waals surface area contributed by atoms with E-state index in [9.17, 15) is 0 Å². The van der Waals surface area contributed by atoms with Crippen LogP contribution >= 0.6 is 11.6 Å². The average molecular weight is 245 g/mol. The predicted octanol–water partition coefficient (Wildman–Crippen LogP) is 1.43. The fourth-order valence-electron chi connectivity index (χ4n) is 1.61. The fraction of sp³-hybridized carbons (Fsp3) is 0.700. The van der Waals surface area contributed by atoms with Crippen molar-refractivity contribution >= 4 is 17.5 Å². The largest absolute Gasteiger partial charge is 0.400 e. The third kappa shape index (κ3) is 3.28. The molecule has 0 spiro atoms. The summed E-state index contributed by atoms with van der Waals surface area (Å²) in [6, 6.07) is 0. The summed E-state index contributed by atoms with van der Waals surface area (Å²) in [6.45, 7) is 3.91. The van der Waals surface area contributed by atoms with Gasteiger partial charge >= 0.3 is 0 Å². The van der Waals surface area contributed by atoms with E-state index in [0.717, 1.165) is 25.9 Å². The second-order valence-corrected chi connectivity index (χ2v) is 3.89. The molecular formula is C10H17ClN4O. The molecule has 1 aliphatic heterocycles. The topological polar surface area (TPSA) is 62.1 Å². The average Bonchev–Trinajstić information content (AvgIpc) is 2.36. The van der Waals surface area contributed by atoms with Crippen LogP contribution in [0.3, 0.4) is 0 Å². The summed E-state index contributed by atoms with van der Waals surface area (Å²) >= 11 is 5.76. The standard InChI is InChI=1S/C9H13ClN4.CH4O/c1-7-8(10)12-13-9(11-7)14-5-3-2-4-6-14;1-2/h2-6H2,1H3;2H,1H3. The van der Waals surface area contributed by atoms with E-state index in [1.54, 1.807) is 0 Å². The van der Waals surface area contributed by atoms with Crippen LogP contribution in [0.5, 0.6) is 0 Å². The summed E-state index contributed by atoms with van der Waals surface area (Å²) in [7, 11) is 1.00. The Morgan fingerprint density at radius 3 is 2.31 bits per heavy atom. The molecule has 2 rings (SSSR count). The minimum atomic E-state index is 0.394. The molecule has 2 heterocycles. The molecule has 0 amide bonds. The summed E-state index contributed by atoms with van der Waals surface area (Å²) in [5, 5.41) is 15.3. The van der Waals surface area contributed by atoms with Crippen LogP contribution in [0.1, 0.15) is 25.0 Å². The first-order valence-electron chi connectivity index (χ1n) is 5.34. The van der Waals surface area contributed by atoms with Crippen molar-refractivity contribution in [3.05, 3.63) is 10.8 Å². The molecule has 0 aromatic carbocycles. The van der Waals surface area contributed by atoms with Crippen LogP contribution in [0, 0.1) is 6.92 Å². The van der Waals surface area contributed by atoms with Gasteiger partial charge in [0, 0.05) is 20.2 Å². The lowest BCUT2D eigenvalue weighted by atomic mass is 10.1. The third-order valence-electron chi connectivity index (χ3n) is 2.43. The Morgan fingerprint density at radius 1 is 1.12 bits per heavy atom. The van der Waals surface area contributed by atoms with Gasteiger partial charge in [0.2, 0.25) is 5.95 Å². The van der Waals surface area contributed by atoms with Crippen molar-refractivity contribution < 1.29 is 5.11 Å². The van der Waals surface area contributed by atoms with E-state index in [-0.39, 0.29) is 0 Å². The fourth-order valence-corrected chi connectivity index (χ4v) is 1.69. The molecule has 0 saturated carbocycles. The van der Waals surface area contributed by atoms with E-state index in [4.69, 9.17) is 16.7 Å². The van der Waals surface area contributed by atoms with Crippen LogP contribution < -0.4 is 4.90 Å². The zero-order valence-corrected chi connectivity index (χ0v) is 10.4. The number of anilines is 1. The summed E-state index contributed by atoms with van der Waals surface area (Å²) < 4.78 is 0. The second kappa shape index (κ2) is 6.60. The molecule has 0 radical (unpaired) electrons. The van der Waals surface area contributed by atoms with Gasteiger partial charge in [-0.25, -0.2) is 4.98 Å². The van der Waals surface area contributed by atoms with Crippen molar-refractivity contribution in [2.24, 2.45) is 0 Å². The minimum absolute atomic E-state index is 0.394. The van der Waals surface area contributed by atoms with Gasteiger partial charge in [0.15, 0.2) is 5.15 Å². The Kier molecular flexibility index (Phi) is 5.42. The Bertz CT molecular complexity index is 329. The van der Waals surface area contributed by atoms with Gasteiger partial charge in [-0.3, -0.25) is 0 Å². The van der Waals surface area contributed by atoms with Crippen molar-refractivity contribution in [1.29, 1.82) is 0 Å². The van der Waals surface area contributed by atoms with Crippen LogP contribution in [-0.2, 0) is 0 Å². The molecule has 0 unspecified atom stereocenters. The highest BCUT2D eigenvalue weighted by molar-refractivity contribution is 6.29. The lowest BCUT2D eigenvalue weighted by Gasteiger charge is -2.26. The van der Waals surface area contributed by atoms with Crippen molar-refractivity contribution in [3.63, 3.8) is 0 Å². The van der Waals surface area contributed by atoms with Crippen LogP contribution in [0.4, 0.5) is 5.95 Å². The summed E-state index contributed by atoms with van der Waals surface area (Å²) in [4.78, 5) is 6.48. The molecule has 0 bridgehead atoms. The van der Waals surface area contributed by atoms with Crippen LogP contribution in [0.2, 0.25) is 5.15 Å². The third-order valence-corrected chi connectivity index (χ3v) is 2.78. The molecule has 1 aromatic rings. The monoisotopic (exact) mass is 244 g/mol. The second-order valence-electron chi connectivity index (χ2n) is 3.54. The molecule has 90 valence electrons. The number of rotatable bonds is 1. The van der Waals surface area contributed by atoms with E-state index in [1.807, 2.05) is 6.92 Å². The number of halogens is 1. The summed E-state index contributed by atoms with van der Waals surface area (Å²) in [5.41, 5.74) is 0.752. The molecule has 0 atom stereocenters. The minimum Gasteiger partial charge on any atom is -0.400 e. The van der Waals surface area contributed by atoms with E-state index in [1.165, 1.54) is 19.3 Å². The zero-order chi connectivity index (χ0) is 12.0. The highest BCUT2D eigenvalue weighted by Gasteiger charge is 2.14. The van der Waals surface area contributed by atoms with Crippen molar-refractivity contribution in [2.75, 3.05) is 25.1 Å². The first-order valence-corrected chi connectivity index (χ1v) is 5.71. The lowest BCUT2D eigenvalue weighted by molar-refractivity contribution is 0.399. The Balaban J connectivity index is 0.000000606. The van der Waals surface area contributed by atoms with Gasteiger partial charge in [-0.1, -0.05) is 11.6 Å². The maximum absolute atomic E-state index is 7.00. The normalized spacial score (nSPS) is 15.4. The van der Waals surface area contributed by atoms with Crippen molar-refractivity contribution in [3.8, 4) is 0 Å². The van der Waals surface area contributed by atoms with Gasteiger partial charge in [-0.2, -0.15) is 0 Å². The molecule has 16 heavy (non-hydrogen) atoms. The summed E-state index contributed by atoms with van der Waals surface area (Å²) in [5.74, 6) is 0.714. The van der Waals surface area contributed by atoms with E-state index >= 15 is 0 Å². The van der Waals surface area contributed by atoms with Gasteiger partial charge in [0.1, 0.15) is 0 Å². The van der Waals surface area contributed by atoms with Crippen LogP contribution in [0.25, 0.3) is 0 Å². The first kappa shape index (κ1) is 13.1. The molecule has 1 aliphatic rings. The number of aliphatic hydroxyl groups excluding tert-OH is 1. The van der Waals surface area contributed by atoms with Crippen molar-refractivity contribution in [1.82, 2.24) is 15.2 Å². The highest BCUT2D eigenvalue weighted by atomic mass is 35.5. The maximum atomic E-state index is 7.00.